The molecular weight excluding hydrogens is 721 g/mol. The third-order valence-electron chi connectivity index (χ3n) is 13.0. The average molecular weight is 769 g/mol. The van der Waals surface area contributed by atoms with Crippen molar-refractivity contribution in [1.29, 1.82) is 0 Å². The van der Waals surface area contributed by atoms with Gasteiger partial charge in [-0.3, -0.25) is 0 Å². The third kappa shape index (κ3) is 5.28. The van der Waals surface area contributed by atoms with Gasteiger partial charge in [0.15, 0.2) is 0 Å². The van der Waals surface area contributed by atoms with Gasteiger partial charge >= 0.3 is 0 Å². The van der Waals surface area contributed by atoms with Crippen molar-refractivity contribution in [3.8, 4) is 22.3 Å². The second-order valence-corrected chi connectivity index (χ2v) is 18.1. The Morgan fingerprint density at radius 1 is 0.661 bits per heavy atom. The number of rotatable bonds is 6. The lowest BCUT2D eigenvalue weighted by Crippen LogP contribution is -2.20. The van der Waals surface area contributed by atoms with Gasteiger partial charge in [-0.25, -0.2) is 0 Å². The summed E-state index contributed by atoms with van der Waals surface area (Å²) >= 11 is 13.9. The van der Waals surface area contributed by atoms with E-state index >= 15 is 0 Å². The van der Waals surface area contributed by atoms with Crippen molar-refractivity contribution < 1.29 is 0 Å². The van der Waals surface area contributed by atoms with Crippen LogP contribution in [-0.2, 0) is 16.2 Å². The molecule has 0 aliphatic heterocycles. The molecule has 0 radical (unpaired) electrons. The van der Waals surface area contributed by atoms with Gasteiger partial charge in [-0.15, -0.1) is 0 Å². The first-order valence-electron chi connectivity index (χ1n) is 19.7. The van der Waals surface area contributed by atoms with E-state index in [4.69, 9.17) is 23.2 Å². The maximum absolute atomic E-state index is 6.96. The van der Waals surface area contributed by atoms with Crippen LogP contribution in [0.2, 0.25) is 10.0 Å². The Morgan fingerprint density at radius 2 is 1.36 bits per heavy atom. The molecule has 4 aliphatic rings. The summed E-state index contributed by atoms with van der Waals surface area (Å²) in [7, 11) is 0. The van der Waals surface area contributed by atoms with Gasteiger partial charge in [-0.2, -0.15) is 0 Å². The number of fused-ring (bicyclic) bond motifs is 9. The quantitative estimate of drug-likeness (QED) is 0.156. The number of anilines is 2. The van der Waals surface area contributed by atoms with Crippen LogP contribution in [0.5, 0.6) is 0 Å². The van der Waals surface area contributed by atoms with Crippen molar-refractivity contribution in [3.05, 3.63) is 200 Å². The summed E-state index contributed by atoms with van der Waals surface area (Å²) in [6.45, 7) is 20.1. The lowest BCUT2D eigenvalue weighted by Gasteiger charge is -2.31. The molecule has 1 nitrogen and oxygen atoms in total. The summed E-state index contributed by atoms with van der Waals surface area (Å²) in [6.07, 6.45) is 16.0. The zero-order chi connectivity index (χ0) is 39.3. The van der Waals surface area contributed by atoms with E-state index in [0.717, 1.165) is 39.0 Å². The Morgan fingerprint density at radius 3 is 2.16 bits per heavy atom. The number of hydrogen-bond donors (Lipinski definition) is 0. The Balaban J connectivity index is 1.22. The van der Waals surface area contributed by atoms with E-state index in [0.29, 0.717) is 0 Å². The summed E-state index contributed by atoms with van der Waals surface area (Å²) in [5.74, 6) is 0. The lowest BCUT2D eigenvalue weighted by molar-refractivity contribution is 0.652. The van der Waals surface area contributed by atoms with Crippen LogP contribution in [0, 0.1) is 0 Å². The number of para-hydroxylation sites is 1. The third-order valence-corrected chi connectivity index (χ3v) is 13.6. The second kappa shape index (κ2) is 13.0. The first-order valence-corrected chi connectivity index (χ1v) is 20.4. The molecule has 0 fully saturated rings. The number of halogens is 2. The van der Waals surface area contributed by atoms with E-state index in [1.807, 2.05) is 24.3 Å². The fraction of sp³-hybridized carbons (Fsp3) is 0.208. The monoisotopic (exact) mass is 767 g/mol. The van der Waals surface area contributed by atoms with Crippen LogP contribution >= 0.6 is 23.2 Å². The average Bonchev–Trinajstić information content (AvgIpc) is 3.53. The summed E-state index contributed by atoms with van der Waals surface area (Å²) in [4.78, 5) is 2.50. The fourth-order valence-electron chi connectivity index (χ4n) is 10.1. The molecule has 0 heterocycles. The van der Waals surface area contributed by atoms with Gasteiger partial charge in [0.1, 0.15) is 0 Å². The molecular formula is C53H47Cl2N. The van der Waals surface area contributed by atoms with Gasteiger partial charge in [0.25, 0.3) is 0 Å². The van der Waals surface area contributed by atoms with Gasteiger partial charge in [-0.1, -0.05) is 156 Å². The molecule has 0 N–H and O–H groups in total. The molecule has 4 aliphatic carbocycles. The van der Waals surface area contributed by atoms with Crippen molar-refractivity contribution in [3.63, 3.8) is 0 Å². The topological polar surface area (TPSA) is 3.24 Å². The highest BCUT2D eigenvalue weighted by Gasteiger charge is 2.44. The minimum atomic E-state index is -0.274. The van der Waals surface area contributed by atoms with E-state index in [2.05, 4.69) is 169 Å². The molecule has 5 aromatic rings. The molecule has 0 spiro atoms. The molecule has 9 rings (SSSR count). The normalized spacial score (nSPS) is 17.8. The predicted octanol–water partition coefficient (Wildman–Crippen LogP) is 15.5. The minimum absolute atomic E-state index is 0.0699. The molecule has 0 saturated heterocycles. The predicted molar refractivity (Wildman–Crippen MR) is 241 cm³/mol. The Hall–Kier alpha value is -5.08. The summed E-state index contributed by atoms with van der Waals surface area (Å²) in [5.41, 5.74) is 20.6. The SMILES string of the molecule is C=C/C=C\C=C(/C)c1ccccc1N(C1=CC=C2C(=CC1)C(C)(C)c1ccccc12)c1ccc2c(c1)C(C)(C)c1cc3c(cc1-2)C(C)(C)c1c(Cl)ccc(Cl)c1-3. The van der Waals surface area contributed by atoms with Crippen molar-refractivity contribution >= 4 is 45.7 Å². The number of allylic oxidation sites excluding steroid dienone is 10. The van der Waals surface area contributed by atoms with E-state index < -0.39 is 0 Å². The zero-order valence-corrected chi connectivity index (χ0v) is 34.8. The van der Waals surface area contributed by atoms with Crippen LogP contribution < -0.4 is 4.90 Å². The molecule has 0 atom stereocenters. The van der Waals surface area contributed by atoms with Crippen LogP contribution in [0.15, 0.2) is 151 Å². The van der Waals surface area contributed by atoms with Gasteiger partial charge < -0.3 is 4.90 Å². The van der Waals surface area contributed by atoms with E-state index in [9.17, 15) is 0 Å². The smallest absolute Gasteiger partial charge is 0.0533 e. The number of benzene rings is 5. The van der Waals surface area contributed by atoms with Gasteiger partial charge in [0.05, 0.1) is 5.69 Å². The Kier molecular flexibility index (Phi) is 8.48. The van der Waals surface area contributed by atoms with Crippen molar-refractivity contribution in [2.45, 2.75) is 71.1 Å². The van der Waals surface area contributed by atoms with Crippen molar-refractivity contribution in [2.24, 2.45) is 0 Å². The molecule has 56 heavy (non-hydrogen) atoms. The van der Waals surface area contributed by atoms with E-state index in [1.165, 1.54) is 72.5 Å². The first-order chi connectivity index (χ1) is 26.8. The van der Waals surface area contributed by atoms with Crippen LogP contribution in [0.4, 0.5) is 11.4 Å². The van der Waals surface area contributed by atoms with E-state index in [-0.39, 0.29) is 16.2 Å². The maximum atomic E-state index is 6.96. The minimum Gasteiger partial charge on any atom is -0.313 e. The Bertz CT molecular complexity index is 2690. The fourth-order valence-corrected chi connectivity index (χ4v) is 10.7. The van der Waals surface area contributed by atoms with E-state index in [1.54, 1.807) is 0 Å². The van der Waals surface area contributed by atoms with Gasteiger partial charge in [0, 0.05) is 55.2 Å². The summed E-state index contributed by atoms with van der Waals surface area (Å²) in [5, 5.41) is 1.52. The molecule has 0 bridgehead atoms. The molecule has 0 amide bonds. The maximum Gasteiger partial charge on any atom is 0.0533 e. The van der Waals surface area contributed by atoms with Crippen LogP contribution in [0.1, 0.15) is 93.8 Å². The largest absolute Gasteiger partial charge is 0.313 e. The molecule has 5 aromatic carbocycles. The van der Waals surface area contributed by atoms with Gasteiger partial charge in [0.2, 0.25) is 0 Å². The Labute approximate surface area is 342 Å². The molecule has 3 heteroatoms. The summed E-state index contributed by atoms with van der Waals surface area (Å²) < 4.78 is 0. The number of hydrogen-bond acceptors (Lipinski definition) is 1. The lowest BCUT2D eigenvalue weighted by atomic mass is 9.79. The van der Waals surface area contributed by atoms with Crippen molar-refractivity contribution in [1.82, 2.24) is 0 Å². The molecule has 0 unspecified atom stereocenters. The highest BCUT2D eigenvalue weighted by molar-refractivity contribution is 6.36. The zero-order valence-electron chi connectivity index (χ0n) is 33.3. The van der Waals surface area contributed by atoms with Gasteiger partial charge in [-0.05, 0) is 122 Å². The van der Waals surface area contributed by atoms with Crippen LogP contribution in [0.25, 0.3) is 33.4 Å². The molecule has 278 valence electrons. The second-order valence-electron chi connectivity index (χ2n) is 17.3. The highest BCUT2D eigenvalue weighted by atomic mass is 35.5. The van der Waals surface area contributed by atoms with Crippen LogP contribution in [-0.4, -0.2) is 0 Å². The molecule has 0 saturated carbocycles. The number of nitrogens with zero attached hydrogens (tertiary/aromatic N) is 1. The molecule has 0 aromatic heterocycles. The summed E-state index contributed by atoms with van der Waals surface area (Å²) in [6, 6.07) is 33.5. The van der Waals surface area contributed by atoms with Crippen molar-refractivity contribution in [2.75, 3.05) is 4.90 Å². The van der Waals surface area contributed by atoms with Crippen LogP contribution in [0.3, 0.4) is 0 Å². The highest BCUT2D eigenvalue weighted by Crippen LogP contribution is 2.59. The standard InChI is InChI=1S/C53H47Cl2N/c1-9-10-11-16-32(2)35-17-13-15-20-48(35)56(33-21-24-37-36-18-12-14-19-41(36)51(3,4)42(37)26-23-33)34-22-25-38-39-30-45-40(31-44(39)52(5,6)43(38)29-34)49-46(54)27-28-47(55)50(49)53(45,7)8/h9-22,24-31H,1,23H2,2-8H3/b11-10-,32-16+. The first kappa shape index (κ1) is 36.6.